The third-order valence-electron chi connectivity index (χ3n) is 4.29. The standard InChI is InChI=1S/C21H24N2O2S/c1-2-3-7-16-10-12-17(13-11-16)23-20(25)18-8-4-5-9-19(18)22-21(23)26-15-6-14-24/h4-5,8-13,24H,2-3,6-7,14-15H2,1H3. The van der Waals surface area contributed by atoms with E-state index in [9.17, 15) is 4.79 Å². The average molecular weight is 369 g/mol. The number of benzene rings is 2. The van der Waals surface area contributed by atoms with Gasteiger partial charge in [0.05, 0.1) is 16.6 Å². The number of aliphatic hydroxyl groups excluding tert-OH is 1. The number of aryl methyl sites for hydroxylation is 1. The van der Waals surface area contributed by atoms with Crippen molar-refractivity contribution in [3.05, 3.63) is 64.4 Å². The van der Waals surface area contributed by atoms with Crippen molar-refractivity contribution in [1.82, 2.24) is 9.55 Å². The summed E-state index contributed by atoms with van der Waals surface area (Å²) in [6.07, 6.45) is 4.06. The van der Waals surface area contributed by atoms with Crippen LogP contribution in [-0.2, 0) is 6.42 Å². The zero-order chi connectivity index (χ0) is 18.4. The Morgan fingerprint density at radius 3 is 2.58 bits per heavy atom. The zero-order valence-corrected chi connectivity index (χ0v) is 15.8. The molecule has 0 radical (unpaired) electrons. The Balaban J connectivity index is 2.05. The molecule has 26 heavy (non-hydrogen) atoms. The highest BCUT2D eigenvalue weighted by atomic mass is 32.2. The molecule has 0 saturated carbocycles. The number of unbranched alkanes of at least 4 members (excludes halogenated alkanes) is 1. The fourth-order valence-corrected chi connectivity index (χ4v) is 3.79. The molecule has 136 valence electrons. The molecule has 0 spiro atoms. The van der Waals surface area contributed by atoms with Crippen LogP contribution in [0.25, 0.3) is 16.6 Å². The predicted molar refractivity (Wildman–Crippen MR) is 108 cm³/mol. The maximum atomic E-state index is 13.1. The van der Waals surface area contributed by atoms with Gasteiger partial charge in [-0.1, -0.05) is 49.4 Å². The summed E-state index contributed by atoms with van der Waals surface area (Å²) in [7, 11) is 0. The summed E-state index contributed by atoms with van der Waals surface area (Å²) in [4.78, 5) is 17.8. The molecule has 2 aromatic carbocycles. The molecule has 1 aromatic heterocycles. The molecule has 1 N–H and O–H groups in total. The van der Waals surface area contributed by atoms with Crippen LogP contribution in [0.4, 0.5) is 0 Å². The molecule has 0 amide bonds. The van der Waals surface area contributed by atoms with Gasteiger partial charge in [-0.15, -0.1) is 0 Å². The largest absolute Gasteiger partial charge is 0.396 e. The van der Waals surface area contributed by atoms with Gasteiger partial charge in [0.25, 0.3) is 5.56 Å². The summed E-state index contributed by atoms with van der Waals surface area (Å²) >= 11 is 1.51. The molecular formula is C21H24N2O2S. The van der Waals surface area contributed by atoms with Crippen molar-refractivity contribution in [2.75, 3.05) is 12.4 Å². The van der Waals surface area contributed by atoms with Crippen LogP contribution >= 0.6 is 11.8 Å². The van der Waals surface area contributed by atoms with Crippen LogP contribution in [-0.4, -0.2) is 27.0 Å². The van der Waals surface area contributed by atoms with Crippen molar-refractivity contribution < 1.29 is 5.11 Å². The Hall–Kier alpha value is -2.11. The topological polar surface area (TPSA) is 55.1 Å². The van der Waals surface area contributed by atoms with Gasteiger partial charge >= 0.3 is 0 Å². The molecule has 5 heteroatoms. The molecule has 0 bridgehead atoms. The third kappa shape index (κ3) is 4.17. The van der Waals surface area contributed by atoms with Gasteiger partial charge in [0.2, 0.25) is 0 Å². The highest BCUT2D eigenvalue weighted by Gasteiger charge is 2.13. The minimum Gasteiger partial charge on any atom is -0.396 e. The van der Waals surface area contributed by atoms with Crippen molar-refractivity contribution in [2.45, 2.75) is 37.8 Å². The smallest absolute Gasteiger partial charge is 0.266 e. The Bertz CT molecular complexity index is 919. The lowest BCUT2D eigenvalue weighted by atomic mass is 10.1. The molecule has 0 aliphatic heterocycles. The van der Waals surface area contributed by atoms with E-state index >= 15 is 0 Å². The highest BCUT2D eigenvalue weighted by molar-refractivity contribution is 7.99. The van der Waals surface area contributed by atoms with Crippen molar-refractivity contribution in [3.8, 4) is 5.69 Å². The summed E-state index contributed by atoms with van der Waals surface area (Å²) in [5.41, 5.74) is 2.77. The molecule has 0 saturated heterocycles. The molecule has 1 heterocycles. The van der Waals surface area contributed by atoms with Crippen LogP contribution in [0.5, 0.6) is 0 Å². The lowest BCUT2D eigenvalue weighted by molar-refractivity contribution is 0.296. The van der Waals surface area contributed by atoms with Gasteiger partial charge in [0, 0.05) is 12.4 Å². The first-order valence-electron chi connectivity index (χ1n) is 9.09. The Labute approximate surface area is 157 Å². The van der Waals surface area contributed by atoms with Crippen LogP contribution in [0.15, 0.2) is 58.5 Å². The molecule has 0 aliphatic rings. The lowest BCUT2D eigenvalue weighted by Gasteiger charge is -2.13. The van der Waals surface area contributed by atoms with E-state index in [1.165, 1.54) is 30.2 Å². The first-order chi connectivity index (χ1) is 12.7. The summed E-state index contributed by atoms with van der Waals surface area (Å²) in [5.74, 6) is 0.718. The first kappa shape index (κ1) is 18.7. The quantitative estimate of drug-likeness (QED) is 0.368. The van der Waals surface area contributed by atoms with E-state index < -0.39 is 0 Å². The summed E-state index contributed by atoms with van der Waals surface area (Å²) < 4.78 is 1.69. The van der Waals surface area contributed by atoms with Crippen LogP contribution in [0.3, 0.4) is 0 Å². The minimum absolute atomic E-state index is 0.0524. The summed E-state index contributed by atoms with van der Waals surface area (Å²) in [6, 6.07) is 15.6. The van der Waals surface area contributed by atoms with E-state index in [1.54, 1.807) is 4.57 Å². The lowest BCUT2D eigenvalue weighted by Crippen LogP contribution is -2.21. The van der Waals surface area contributed by atoms with E-state index in [0.29, 0.717) is 22.5 Å². The molecular weight excluding hydrogens is 344 g/mol. The zero-order valence-electron chi connectivity index (χ0n) is 15.0. The number of aromatic nitrogens is 2. The maximum Gasteiger partial charge on any atom is 0.266 e. The summed E-state index contributed by atoms with van der Waals surface area (Å²) in [6.45, 7) is 2.32. The average Bonchev–Trinajstić information content (AvgIpc) is 2.67. The SMILES string of the molecule is CCCCc1ccc(-n2c(SCCCO)nc3ccccc3c2=O)cc1. The number of fused-ring (bicyclic) bond motifs is 1. The molecule has 4 nitrogen and oxygen atoms in total. The second kappa shape index (κ2) is 9.01. The number of aliphatic hydroxyl groups is 1. The van der Waals surface area contributed by atoms with E-state index in [0.717, 1.165) is 17.9 Å². The van der Waals surface area contributed by atoms with Gasteiger partial charge < -0.3 is 5.11 Å². The second-order valence-corrected chi connectivity index (χ2v) is 7.31. The van der Waals surface area contributed by atoms with Crippen molar-refractivity contribution in [3.63, 3.8) is 0 Å². The monoisotopic (exact) mass is 368 g/mol. The number of thioether (sulfide) groups is 1. The normalized spacial score (nSPS) is 11.2. The van der Waals surface area contributed by atoms with Gasteiger partial charge in [-0.3, -0.25) is 9.36 Å². The van der Waals surface area contributed by atoms with Crippen molar-refractivity contribution >= 4 is 22.7 Å². The van der Waals surface area contributed by atoms with Crippen LogP contribution in [0.1, 0.15) is 31.7 Å². The maximum absolute atomic E-state index is 13.1. The van der Waals surface area contributed by atoms with Crippen molar-refractivity contribution in [2.24, 2.45) is 0 Å². The second-order valence-electron chi connectivity index (χ2n) is 6.25. The Morgan fingerprint density at radius 2 is 1.85 bits per heavy atom. The molecule has 0 aliphatic carbocycles. The number of hydrogen-bond acceptors (Lipinski definition) is 4. The van der Waals surface area contributed by atoms with Gasteiger partial charge in [-0.25, -0.2) is 4.98 Å². The number of nitrogens with zero attached hydrogens (tertiary/aromatic N) is 2. The van der Waals surface area contributed by atoms with Gasteiger partial charge in [-0.05, 0) is 49.1 Å². The highest BCUT2D eigenvalue weighted by Crippen LogP contribution is 2.22. The number of hydrogen-bond donors (Lipinski definition) is 1. The molecule has 3 aromatic rings. The fraction of sp³-hybridized carbons (Fsp3) is 0.333. The fourth-order valence-electron chi connectivity index (χ4n) is 2.86. The Morgan fingerprint density at radius 1 is 1.08 bits per heavy atom. The van der Waals surface area contributed by atoms with Crippen LogP contribution < -0.4 is 5.56 Å². The number of rotatable bonds is 8. The third-order valence-corrected chi connectivity index (χ3v) is 5.32. The minimum atomic E-state index is -0.0524. The van der Waals surface area contributed by atoms with E-state index in [4.69, 9.17) is 10.1 Å². The van der Waals surface area contributed by atoms with Crippen LogP contribution in [0, 0.1) is 0 Å². The number of para-hydroxylation sites is 1. The van der Waals surface area contributed by atoms with Gasteiger partial charge in [-0.2, -0.15) is 0 Å². The summed E-state index contributed by atoms with van der Waals surface area (Å²) in [5, 5.41) is 10.3. The molecule has 0 fully saturated rings. The molecule has 3 rings (SSSR count). The predicted octanol–water partition coefficient (Wildman–Crippen LogP) is 4.20. The van der Waals surface area contributed by atoms with E-state index in [2.05, 4.69) is 19.1 Å². The van der Waals surface area contributed by atoms with E-state index in [-0.39, 0.29) is 12.2 Å². The van der Waals surface area contributed by atoms with Gasteiger partial charge in [0.1, 0.15) is 0 Å². The van der Waals surface area contributed by atoms with Crippen LogP contribution in [0.2, 0.25) is 0 Å². The molecule has 0 atom stereocenters. The molecule has 0 unspecified atom stereocenters. The van der Waals surface area contributed by atoms with Gasteiger partial charge in [0.15, 0.2) is 5.16 Å². The Kier molecular flexibility index (Phi) is 6.47. The van der Waals surface area contributed by atoms with E-state index in [1.807, 2.05) is 36.4 Å². The first-order valence-corrected chi connectivity index (χ1v) is 10.1. The van der Waals surface area contributed by atoms with Crippen molar-refractivity contribution in [1.29, 1.82) is 0 Å².